The summed E-state index contributed by atoms with van der Waals surface area (Å²) in [6, 6.07) is 9.71. The molecule has 1 N–H and O–H groups in total. The Bertz CT molecular complexity index is 1090. The van der Waals surface area contributed by atoms with Crippen LogP contribution in [0, 0.1) is 6.92 Å². The lowest BCUT2D eigenvalue weighted by atomic mass is 10.2. The monoisotopic (exact) mass is 444 g/mol. The number of carbonyl (C=O) groups excluding carboxylic acids is 1. The molecule has 4 rings (SSSR count). The van der Waals surface area contributed by atoms with Crippen molar-refractivity contribution in [2.75, 3.05) is 0 Å². The minimum Gasteiger partial charge on any atom is -0.416 e. The number of thiazole rings is 1. The first-order valence-corrected chi connectivity index (χ1v) is 11.3. The number of hydrogen-bond acceptors (Lipinski definition) is 10. The molecule has 0 radical (unpaired) electrons. The smallest absolute Gasteiger partial charge is 0.282 e. The zero-order valence-corrected chi connectivity index (χ0v) is 17.8. The van der Waals surface area contributed by atoms with E-state index in [1.807, 2.05) is 42.6 Å². The summed E-state index contributed by atoms with van der Waals surface area (Å²) in [5.41, 5.74) is 1.95. The third-order valence-electron chi connectivity index (χ3n) is 3.72. The molecular weight excluding hydrogens is 428 g/mol. The molecule has 0 aliphatic rings. The van der Waals surface area contributed by atoms with Crippen molar-refractivity contribution in [2.24, 2.45) is 0 Å². The van der Waals surface area contributed by atoms with Crippen molar-refractivity contribution in [3.63, 3.8) is 0 Å². The van der Waals surface area contributed by atoms with E-state index in [1.54, 1.807) is 11.3 Å². The van der Waals surface area contributed by atoms with Crippen LogP contribution in [0.5, 0.6) is 0 Å². The zero-order chi connectivity index (χ0) is 20.1. The Balaban J connectivity index is 1.27. The van der Waals surface area contributed by atoms with Crippen LogP contribution in [0.3, 0.4) is 0 Å². The van der Waals surface area contributed by atoms with Crippen molar-refractivity contribution in [3.8, 4) is 0 Å². The fourth-order valence-corrected chi connectivity index (χ4v) is 4.53. The van der Waals surface area contributed by atoms with Gasteiger partial charge in [-0.05, 0) is 12.5 Å². The number of hydrogen-bond donors (Lipinski definition) is 1. The Morgan fingerprint density at radius 3 is 2.83 bits per heavy atom. The molecule has 0 atom stereocenters. The summed E-state index contributed by atoms with van der Waals surface area (Å²) in [6.07, 6.45) is 0.516. The maximum Gasteiger partial charge on any atom is 0.282 e. The molecule has 1 aromatic carbocycles. The molecule has 148 valence electrons. The Kier molecular flexibility index (Phi) is 6.27. The lowest BCUT2D eigenvalue weighted by Crippen LogP contribution is -2.22. The summed E-state index contributed by atoms with van der Waals surface area (Å²) in [6.45, 7) is 2.41. The second-order valence-corrected chi connectivity index (χ2v) is 9.01. The molecule has 29 heavy (non-hydrogen) atoms. The van der Waals surface area contributed by atoms with Crippen LogP contribution >= 0.6 is 34.4 Å². The molecule has 3 aromatic heterocycles. The molecule has 0 unspecified atom stereocenters. The van der Waals surface area contributed by atoms with E-state index in [1.165, 1.54) is 23.1 Å². The number of rotatable bonds is 8. The Hall–Kier alpha value is -2.63. The second kappa shape index (κ2) is 9.25. The number of amides is 1. The van der Waals surface area contributed by atoms with E-state index in [0.717, 1.165) is 21.3 Å². The maximum atomic E-state index is 12.2. The second-order valence-electron chi connectivity index (χ2n) is 5.95. The SMILES string of the molecule is Cc1nc(Cc2nnc(SCc3nnc(C(=O)NCc4ccccc4)s3)o2)cs1. The molecule has 11 heteroatoms. The minimum atomic E-state index is -0.235. The highest BCUT2D eigenvalue weighted by molar-refractivity contribution is 7.98. The van der Waals surface area contributed by atoms with E-state index in [4.69, 9.17) is 4.42 Å². The third kappa shape index (κ3) is 5.46. The quantitative estimate of drug-likeness (QED) is 0.412. The first kappa shape index (κ1) is 19.7. The number of nitrogens with zero attached hydrogens (tertiary/aromatic N) is 5. The summed E-state index contributed by atoms with van der Waals surface area (Å²) in [4.78, 5) is 16.6. The van der Waals surface area contributed by atoms with Crippen LogP contribution in [-0.4, -0.2) is 31.3 Å². The molecule has 3 heterocycles. The van der Waals surface area contributed by atoms with Gasteiger partial charge in [-0.1, -0.05) is 53.4 Å². The minimum absolute atomic E-state index is 0.235. The molecule has 0 aliphatic heterocycles. The van der Waals surface area contributed by atoms with E-state index >= 15 is 0 Å². The van der Waals surface area contributed by atoms with E-state index < -0.39 is 0 Å². The van der Waals surface area contributed by atoms with Gasteiger partial charge in [0.05, 0.1) is 22.9 Å². The molecule has 0 saturated heterocycles. The number of benzene rings is 1. The van der Waals surface area contributed by atoms with Gasteiger partial charge in [-0.3, -0.25) is 4.79 Å². The fourth-order valence-electron chi connectivity index (χ4n) is 2.39. The first-order valence-electron chi connectivity index (χ1n) is 8.66. The van der Waals surface area contributed by atoms with Gasteiger partial charge in [-0.25, -0.2) is 4.98 Å². The van der Waals surface area contributed by atoms with Crippen LogP contribution in [0.1, 0.15) is 37.0 Å². The van der Waals surface area contributed by atoms with Crippen LogP contribution < -0.4 is 5.32 Å². The van der Waals surface area contributed by atoms with Gasteiger partial charge in [0, 0.05) is 11.9 Å². The first-order chi connectivity index (χ1) is 14.2. The number of thioether (sulfide) groups is 1. The molecule has 0 spiro atoms. The molecule has 0 fully saturated rings. The van der Waals surface area contributed by atoms with Crippen molar-refractivity contribution in [1.29, 1.82) is 0 Å². The van der Waals surface area contributed by atoms with E-state index in [9.17, 15) is 4.79 Å². The van der Waals surface area contributed by atoms with Gasteiger partial charge in [-0.15, -0.1) is 31.7 Å². The van der Waals surface area contributed by atoms with Crippen molar-refractivity contribution in [1.82, 2.24) is 30.7 Å². The molecule has 0 aliphatic carbocycles. The fraction of sp³-hybridized carbons (Fsp3) is 0.222. The molecule has 0 saturated carbocycles. The van der Waals surface area contributed by atoms with Gasteiger partial charge in [0.1, 0.15) is 5.01 Å². The van der Waals surface area contributed by atoms with Gasteiger partial charge >= 0.3 is 0 Å². The van der Waals surface area contributed by atoms with Gasteiger partial charge in [0.25, 0.3) is 11.1 Å². The van der Waals surface area contributed by atoms with Gasteiger partial charge in [-0.2, -0.15) is 0 Å². The maximum absolute atomic E-state index is 12.2. The lowest BCUT2D eigenvalue weighted by molar-refractivity contribution is 0.0950. The van der Waals surface area contributed by atoms with E-state index in [2.05, 4.69) is 30.7 Å². The van der Waals surface area contributed by atoms with Gasteiger partial charge in [0.2, 0.25) is 10.9 Å². The molecule has 8 nitrogen and oxygen atoms in total. The van der Waals surface area contributed by atoms with Crippen LogP contribution in [0.2, 0.25) is 0 Å². The molecule has 1 amide bonds. The van der Waals surface area contributed by atoms with Crippen molar-refractivity contribution in [3.05, 3.63) is 67.9 Å². The largest absolute Gasteiger partial charge is 0.416 e. The predicted molar refractivity (Wildman–Crippen MR) is 111 cm³/mol. The summed E-state index contributed by atoms with van der Waals surface area (Å²) in [5.74, 6) is 0.790. The van der Waals surface area contributed by atoms with Crippen molar-refractivity contribution >= 4 is 40.3 Å². The molecule has 4 aromatic rings. The highest BCUT2D eigenvalue weighted by atomic mass is 32.2. The van der Waals surface area contributed by atoms with Crippen LogP contribution in [-0.2, 0) is 18.7 Å². The summed E-state index contributed by atoms with van der Waals surface area (Å²) >= 11 is 4.21. The average Bonchev–Trinajstić information content (AvgIpc) is 3.47. The Morgan fingerprint density at radius 2 is 2.03 bits per heavy atom. The lowest BCUT2D eigenvalue weighted by Gasteiger charge is -2.01. The number of aromatic nitrogens is 5. The zero-order valence-electron chi connectivity index (χ0n) is 15.4. The number of carbonyl (C=O) groups is 1. The number of aryl methyl sites for hydroxylation is 1. The predicted octanol–water partition coefficient (Wildman–Crippen LogP) is 3.50. The van der Waals surface area contributed by atoms with Crippen LogP contribution in [0.4, 0.5) is 0 Å². The topological polar surface area (TPSA) is 107 Å². The third-order valence-corrected chi connectivity index (χ3v) is 6.48. The molecule has 0 bridgehead atoms. The highest BCUT2D eigenvalue weighted by Crippen LogP contribution is 2.24. The highest BCUT2D eigenvalue weighted by Gasteiger charge is 2.15. The van der Waals surface area contributed by atoms with E-state index in [-0.39, 0.29) is 5.91 Å². The summed E-state index contributed by atoms with van der Waals surface area (Å²) < 4.78 is 5.64. The summed E-state index contributed by atoms with van der Waals surface area (Å²) in [5, 5.41) is 23.5. The normalized spacial score (nSPS) is 10.9. The van der Waals surface area contributed by atoms with E-state index in [0.29, 0.717) is 34.8 Å². The molecular formula is C18H16N6O2S3. The van der Waals surface area contributed by atoms with Crippen LogP contribution in [0.15, 0.2) is 45.4 Å². The number of nitrogens with one attached hydrogen (secondary N) is 1. The van der Waals surface area contributed by atoms with Gasteiger partial charge in [0.15, 0.2) is 0 Å². The summed E-state index contributed by atoms with van der Waals surface area (Å²) in [7, 11) is 0. The standard InChI is InChI=1S/C18H16N6O2S3/c1-11-20-13(9-27-11)7-14-21-24-18(26-14)28-10-15-22-23-17(29-15)16(25)19-8-12-5-3-2-4-6-12/h2-6,9H,7-8,10H2,1H3,(H,19,25). The van der Waals surface area contributed by atoms with Gasteiger partial charge < -0.3 is 9.73 Å². The Labute approximate surface area is 178 Å². The van der Waals surface area contributed by atoms with Crippen LogP contribution in [0.25, 0.3) is 0 Å². The van der Waals surface area contributed by atoms with Crippen molar-refractivity contribution < 1.29 is 9.21 Å². The Morgan fingerprint density at radius 1 is 1.17 bits per heavy atom. The van der Waals surface area contributed by atoms with Crippen molar-refractivity contribution in [2.45, 2.75) is 30.9 Å². The average molecular weight is 445 g/mol.